The number of anilines is 1. The summed E-state index contributed by atoms with van der Waals surface area (Å²) in [5.74, 6) is 1.12. The van der Waals surface area contributed by atoms with Gasteiger partial charge in [0, 0.05) is 23.7 Å². The lowest BCUT2D eigenvalue weighted by Crippen LogP contribution is -2.50. The molecule has 0 spiro atoms. The van der Waals surface area contributed by atoms with Crippen LogP contribution in [0.4, 0.5) is 11.4 Å². The maximum atomic E-state index is 13.5. The van der Waals surface area contributed by atoms with Gasteiger partial charge in [0.1, 0.15) is 5.25 Å². The second-order valence-electron chi connectivity index (χ2n) is 11.8. The van der Waals surface area contributed by atoms with Crippen molar-refractivity contribution in [3.05, 3.63) is 59.1 Å². The van der Waals surface area contributed by atoms with Gasteiger partial charge in [0.25, 0.3) is 0 Å². The molecule has 2 aromatic carbocycles. The first-order valence-electron chi connectivity index (χ1n) is 13.7. The number of aromatic carboxylic acids is 1. The Bertz CT molecular complexity index is 1280. The zero-order valence-electron chi connectivity index (χ0n) is 21.6. The number of carboxylic acids is 1. The van der Waals surface area contributed by atoms with Crippen molar-refractivity contribution in [1.82, 2.24) is 4.90 Å². The average molecular weight is 566 g/mol. The number of benzene rings is 2. The molecule has 9 heteroatoms. The molecule has 4 aliphatic carbocycles. The first kappa shape index (κ1) is 26.4. The fourth-order valence-electron chi connectivity index (χ4n) is 7.55. The van der Waals surface area contributed by atoms with Gasteiger partial charge in [-0.25, -0.2) is 9.79 Å². The summed E-state index contributed by atoms with van der Waals surface area (Å²) in [5, 5.41) is 12.5. The Balaban J connectivity index is 1.19. The van der Waals surface area contributed by atoms with Crippen LogP contribution < -0.4 is 5.32 Å². The maximum Gasteiger partial charge on any atom is 0.335 e. The quantitative estimate of drug-likeness (QED) is 0.394. The number of carbonyl (C=O) groups is 3. The Kier molecular flexibility index (Phi) is 7.18. The molecule has 2 N–H and O–H groups in total. The van der Waals surface area contributed by atoms with Gasteiger partial charge in [-0.1, -0.05) is 23.4 Å². The van der Waals surface area contributed by atoms with Gasteiger partial charge in [0.2, 0.25) is 11.8 Å². The number of carbonyl (C=O) groups excluding carboxylic acids is 2. The third-order valence-corrected chi connectivity index (χ3v) is 10.4. The third kappa shape index (κ3) is 5.73. The predicted molar refractivity (Wildman–Crippen MR) is 154 cm³/mol. The van der Waals surface area contributed by atoms with E-state index >= 15 is 0 Å². The summed E-state index contributed by atoms with van der Waals surface area (Å²) in [6.07, 6.45) is 9.07. The lowest BCUT2D eigenvalue weighted by atomic mass is 9.49. The molecule has 2 aromatic rings. The number of amidine groups is 1. The van der Waals surface area contributed by atoms with E-state index in [1.807, 2.05) is 12.1 Å². The minimum atomic E-state index is -1.03. The fourth-order valence-corrected chi connectivity index (χ4v) is 8.80. The third-order valence-electron chi connectivity index (χ3n) is 8.91. The Morgan fingerprint density at radius 1 is 1.00 bits per heavy atom. The molecule has 4 bridgehead atoms. The number of aliphatic imine (C=N–C) groups is 1. The van der Waals surface area contributed by atoms with Gasteiger partial charge >= 0.3 is 5.97 Å². The number of rotatable bonds is 7. The molecule has 1 atom stereocenters. The number of amides is 2. The Hall–Kier alpha value is -2.84. The Morgan fingerprint density at radius 2 is 1.62 bits per heavy atom. The fraction of sp³-hybridized carbons (Fsp3) is 0.467. The van der Waals surface area contributed by atoms with Crippen molar-refractivity contribution in [1.29, 1.82) is 0 Å². The van der Waals surface area contributed by atoms with Crippen molar-refractivity contribution in [2.75, 3.05) is 11.9 Å². The zero-order chi connectivity index (χ0) is 27.1. The highest BCUT2D eigenvalue weighted by atomic mass is 35.5. The number of hydrogen-bond acceptors (Lipinski definition) is 5. The van der Waals surface area contributed by atoms with E-state index in [1.54, 1.807) is 29.2 Å². The van der Waals surface area contributed by atoms with Gasteiger partial charge in [-0.3, -0.25) is 14.5 Å². The van der Waals surface area contributed by atoms with Crippen molar-refractivity contribution < 1.29 is 19.5 Å². The van der Waals surface area contributed by atoms with Crippen molar-refractivity contribution in [3.8, 4) is 0 Å². The lowest BCUT2D eigenvalue weighted by molar-refractivity contribution is -0.130. The molecular weight excluding hydrogens is 534 g/mol. The summed E-state index contributed by atoms with van der Waals surface area (Å²) in [6, 6.07) is 13.1. The standard InChI is InChI=1S/C30H32ClN3O4S/c31-22-3-7-24(8-4-22)33-29-34(10-9-30-15-18-11-19(16-30)13-20(12-18)17-30)26(35)14-25(39-29)27(36)32-23-5-1-21(2-6-23)28(37)38/h1-8,18-20,25H,9-17H2,(H,32,36)(H,37,38)/t18?,19?,20?,25-,30?/m0/s1. The number of nitrogens with zero attached hydrogens (tertiary/aromatic N) is 2. The van der Waals surface area contributed by atoms with Crippen LogP contribution in [0.5, 0.6) is 0 Å². The molecule has 0 aromatic heterocycles. The van der Waals surface area contributed by atoms with Gasteiger partial charge < -0.3 is 10.4 Å². The van der Waals surface area contributed by atoms with Crippen molar-refractivity contribution in [2.24, 2.45) is 28.2 Å². The molecule has 2 amide bonds. The number of halogens is 1. The van der Waals surface area contributed by atoms with Crippen molar-refractivity contribution in [2.45, 2.75) is 56.6 Å². The van der Waals surface area contributed by atoms with E-state index in [1.165, 1.54) is 62.4 Å². The van der Waals surface area contributed by atoms with E-state index in [0.29, 0.717) is 33.5 Å². The van der Waals surface area contributed by atoms with E-state index in [0.717, 1.165) is 24.2 Å². The summed E-state index contributed by atoms with van der Waals surface area (Å²) in [6.45, 7) is 0.620. The van der Waals surface area contributed by atoms with Crippen LogP contribution in [0, 0.1) is 23.2 Å². The highest BCUT2D eigenvalue weighted by Crippen LogP contribution is 2.61. The van der Waals surface area contributed by atoms with Gasteiger partial charge in [-0.2, -0.15) is 0 Å². The minimum absolute atomic E-state index is 0.0875. The molecule has 1 aliphatic heterocycles. The van der Waals surface area contributed by atoms with E-state index in [-0.39, 0.29) is 23.8 Å². The Morgan fingerprint density at radius 3 is 2.21 bits per heavy atom. The first-order chi connectivity index (χ1) is 18.7. The number of nitrogens with one attached hydrogen (secondary N) is 1. The molecule has 5 fully saturated rings. The second kappa shape index (κ2) is 10.6. The average Bonchev–Trinajstić information content (AvgIpc) is 2.89. The van der Waals surface area contributed by atoms with Crippen LogP contribution in [0.25, 0.3) is 0 Å². The maximum absolute atomic E-state index is 13.5. The first-order valence-corrected chi connectivity index (χ1v) is 15.0. The van der Waals surface area contributed by atoms with Crippen LogP contribution in [0.2, 0.25) is 5.02 Å². The Labute approximate surface area is 237 Å². The highest BCUT2D eigenvalue weighted by molar-refractivity contribution is 8.15. The van der Waals surface area contributed by atoms with Crippen LogP contribution in [-0.4, -0.2) is 44.8 Å². The smallest absolute Gasteiger partial charge is 0.335 e. The molecule has 1 saturated heterocycles. The molecule has 0 unspecified atom stereocenters. The number of hydrogen-bond donors (Lipinski definition) is 2. The summed E-state index contributed by atoms with van der Waals surface area (Å²) in [7, 11) is 0. The van der Waals surface area contributed by atoms with E-state index in [4.69, 9.17) is 21.7 Å². The van der Waals surface area contributed by atoms with Crippen LogP contribution in [-0.2, 0) is 9.59 Å². The molecule has 0 radical (unpaired) electrons. The van der Waals surface area contributed by atoms with Gasteiger partial charge in [0.15, 0.2) is 5.17 Å². The highest BCUT2D eigenvalue weighted by Gasteiger charge is 2.51. The van der Waals surface area contributed by atoms with Gasteiger partial charge in [0.05, 0.1) is 11.3 Å². The summed E-state index contributed by atoms with van der Waals surface area (Å²) >= 11 is 7.38. The molecule has 1 heterocycles. The summed E-state index contributed by atoms with van der Waals surface area (Å²) in [5.41, 5.74) is 1.64. The van der Waals surface area contributed by atoms with E-state index in [2.05, 4.69) is 5.32 Å². The normalized spacial score (nSPS) is 30.5. The summed E-state index contributed by atoms with van der Waals surface area (Å²) < 4.78 is 0. The second-order valence-corrected chi connectivity index (χ2v) is 13.4. The predicted octanol–water partition coefficient (Wildman–Crippen LogP) is 6.61. The van der Waals surface area contributed by atoms with Crippen LogP contribution in [0.15, 0.2) is 53.5 Å². The van der Waals surface area contributed by atoms with Crippen molar-refractivity contribution in [3.63, 3.8) is 0 Å². The molecule has 5 aliphatic rings. The molecule has 4 saturated carbocycles. The van der Waals surface area contributed by atoms with Crippen LogP contribution in [0.3, 0.4) is 0 Å². The molecule has 204 valence electrons. The molecule has 39 heavy (non-hydrogen) atoms. The largest absolute Gasteiger partial charge is 0.478 e. The number of carboxylic acid groups (broad SMARTS) is 1. The summed E-state index contributed by atoms with van der Waals surface area (Å²) in [4.78, 5) is 44.4. The minimum Gasteiger partial charge on any atom is -0.478 e. The SMILES string of the molecule is O=C(O)c1ccc(NC(=O)[C@@H]2CC(=O)N(CCC34CC5CC(CC(C5)C3)C4)C(=Nc3ccc(Cl)cc3)S2)cc1. The van der Waals surface area contributed by atoms with Crippen LogP contribution in [0.1, 0.15) is 61.7 Å². The molecular formula is C30H32ClN3O4S. The van der Waals surface area contributed by atoms with Crippen LogP contribution >= 0.6 is 23.4 Å². The van der Waals surface area contributed by atoms with E-state index in [9.17, 15) is 14.4 Å². The molecule has 7 nitrogen and oxygen atoms in total. The molecule has 7 rings (SSSR count). The monoisotopic (exact) mass is 565 g/mol. The zero-order valence-corrected chi connectivity index (χ0v) is 23.2. The van der Waals surface area contributed by atoms with Gasteiger partial charge in [-0.15, -0.1) is 0 Å². The van der Waals surface area contributed by atoms with Gasteiger partial charge in [-0.05, 0) is 117 Å². The van der Waals surface area contributed by atoms with E-state index < -0.39 is 11.2 Å². The lowest BCUT2D eigenvalue weighted by Gasteiger charge is -2.57. The van der Waals surface area contributed by atoms with Crippen molar-refractivity contribution >= 4 is 57.7 Å². The number of thioether (sulfide) groups is 1. The topological polar surface area (TPSA) is 99.1 Å².